The minimum atomic E-state index is -0.486. The van der Waals surface area contributed by atoms with Gasteiger partial charge in [0.05, 0.1) is 0 Å². The first-order valence-corrected chi connectivity index (χ1v) is 3.50. The van der Waals surface area contributed by atoms with E-state index in [2.05, 4.69) is 0 Å². The Morgan fingerprint density at radius 1 is 1.60 bits per heavy atom. The Kier molecular flexibility index (Phi) is 2.12. The van der Waals surface area contributed by atoms with Crippen LogP contribution in [0.3, 0.4) is 0 Å². The van der Waals surface area contributed by atoms with Crippen molar-refractivity contribution in [2.75, 3.05) is 0 Å². The van der Waals surface area contributed by atoms with E-state index in [4.69, 9.17) is 9.52 Å². The summed E-state index contributed by atoms with van der Waals surface area (Å²) in [6.45, 7) is 3.71. The van der Waals surface area contributed by atoms with E-state index in [9.17, 15) is 0 Å². The fourth-order valence-electron chi connectivity index (χ4n) is 0.809. The molecule has 0 amide bonds. The van der Waals surface area contributed by atoms with Crippen LogP contribution in [0.2, 0.25) is 0 Å². The Balaban J connectivity index is 2.78. The highest BCUT2D eigenvalue weighted by Crippen LogP contribution is 2.15. The fourth-order valence-corrected chi connectivity index (χ4v) is 0.809. The van der Waals surface area contributed by atoms with Crippen LogP contribution in [0.4, 0.5) is 0 Å². The number of hydrogen-bond donors (Lipinski definition) is 1. The van der Waals surface area contributed by atoms with E-state index in [0.29, 0.717) is 5.76 Å². The number of aliphatic hydroxyl groups is 1. The molecule has 10 heavy (non-hydrogen) atoms. The molecular formula is C8H12O2. The van der Waals surface area contributed by atoms with Crippen LogP contribution in [0.25, 0.3) is 0 Å². The van der Waals surface area contributed by atoms with Gasteiger partial charge in [-0.15, -0.1) is 0 Å². The highest BCUT2D eigenvalue weighted by Gasteiger charge is 2.04. The first-order valence-electron chi connectivity index (χ1n) is 3.50. The summed E-state index contributed by atoms with van der Waals surface area (Å²) in [6.07, 6.45) is 0.396. The van der Waals surface area contributed by atoms with Crippen LogP contribution in [0.5, 0.6) is 0 Å². The summed E-state index contributed by atoms with van der Waals surface area (Å²) in [4.78, 5) is 0. The summed E-state index contributed by atoms with van der Waals surface area (Å²) in [5.41, 5.74) is 0. The molecule has 1 N–H and O–H groups in total. The molecule has 0 aromatic carbocycles. The molecule has 1 unspecified atom stereocenters. The Hall–Kier alpha value is -0.760. The molecule has 0 aliphatic heterocycles. The molecule has 0 spiro atoms. The average Bonchev–Trinajstić information content (AvgIpc) is 2.34. The lowest BCUT2D eigenvalue weighted by atomic mass is 10.3. The van der Waals surface area contributed by atoms with Gasteiger partial charge < -0.3 is 9.52 Å². The van der Waals surface area contributed by atoms with E-state index < -0.39 is 6.10 Å². The van der Waals surface area contributed by atoms with Crippen LogP contribution in [-0.2, 0) is 6.42 Å². The van der Waals surface area contributed by atoms with Crippen molar-refractivity contribution in [3.8, 4) is 0 Å². The largest absolute Gasteiger partial charge is 0.463 e. The lowest BCUT2D eigenvalue weighted by molar-refractivity contribution is 0.167. The summed E-state index contributed by atoms with van der Waals surface area (Å²) in [5.74, 6) is 1.58. The summed E-state index contributed by atoms with van der Waals surface area (Å²) in [7, 11) is 0. The number of furan rings is 1. The topological polar surface area (TPSA) is 33.4 Å². The number of rotatable bonds is 2. The van der Waals surface area contributed by atoms with Crippen molar-refractivity contribution in [1.29, 1.82) is 0 Å². The molecule has 0 fully saturated rings. The Morgan fingerprint density at radius 3 is 2.60 bits per heavy atom. The van der Waals surface area contributed by atoms with Gasteiger partial charge in [-0.1, -0.05) is 6.92 Å². The molecule has 1 aromatic rings. The second kappa shape index (κ2) is 2.88. The molecule has 0 saturated heterocycles. The molecule has 0 aliphatic rings. The van der Waals surface area contributed by atoms with E-state index in [1.54, 1.807) is 6.92 Å². The van der Waals surface area contributed by atoms with Crippen molar-refractivity contribution in [1.82, 2.24) is 0 Å². The zero-order valence-corrected chi connectivity index (χ0v) is 6.29. The standard InChI is InChI=1S/C8H12O2/c1-3-7-4-5-8(10-7)6(2)9/h4-6,9H,3H2,1-2H3. The molecule has 0 saturated carbocycles. The molecule has 0 bridgehead atoms. The molecule has 1 atom stereocenters. The van der Waals surface area contributed by atoms with Gasteiger partial charge in [-0.3, -0.25) is 0 Å². The third kappa shape index (κ3) is 1.39. The minimum Gasteiger partial charge on any atom is -0.463 e. The van der Waals surface area contributed by atoms with Crippen molar-refractivity contribution in [3.63, 3.8) is 0 Å². The maximum Gasteiger partial charge on any atom is 0.132 e. The highest BCUT2D eigenvalue weighted by molar-refractivity contribution is 5.08. The maximum atomic E-state index is 9.04. The molecule has 1 heterocycles. The molecule has 0 radical (unpaired) electrons. The van der Waals surface area contributed by atoms with Crippen molar-refractivity contribution in [2.45, 2.75) is 26.4 Å². The third-order valence-electron chi connectivity index (χ3n) is 1.44. The van der Waals surface area contributed by atoms with Gasteiger partial charge >= 0.3 is 0 Å². The molecule has 2 heteroatoms. The normalized spacial score (nSPS) is 13.5. The number of aliphatic hydroxyl groups excluding tert-OH is 1. The highest BCUT2D eigenvalue weighted by atomic mass is 16.4. The molecule has 56 valence electrons. The van der Waals surface area contributed by atoms with Gasteiger partial charge in [0.1, 0.15) is 17.6 Å². The summed E-state index contributed by atoms with van der Waals surface area (Å²) >= 11 is 0. The molecular weight excluding hydrogens is 128 g/mol. The van der Waals surface area contributed by atoms with E-state index in [-0.39, 0.29) is 0 Å². The molecule has 0 aliphatic carbocycles. The van der Waals surface area contributed by atoms with Crippen molar-refractivity contribution < 1.29 is 9.52 Å². The summed E-state index contributed by atoms with van der Waals surface area (Å²) < 4.78 is 5.24. The Bertz CT molecular complexity index is 201. The van der Waals surface area contributed by atoms with Crippen LogP contribution in [-0.4, -0.2) is 5.11 Å². The zero-order valence-electron chi connectivity index (χ0n) is 6.29. The van der Waals surface area contributed by atoms with Gasteiger partial charge in [-0.2, -0.15) is 0 Å². The lowest BCUT2D eigenvalue weighted by Crippen LogP contribution is -1.85. The van der Waals surface area contributed by atoms with E-state index in [1.165, 1.54) is 0 Å². The fraction of sp³-hybridized carbons (Fsp3) is 0.500. The first-order chi connectivity index (χ1) is 4.74. The summed E-state index contributed by atoms with van der Waals surface area (Å²) in [6, 6.07) is 3.70. The third-order valence-corrected chi connectivity index (χ3v) is 1.44. The van der Waals surface area contributed by atoms with E-state index in [0.717, 1.165) is 12.2 Å². The van der Waals surface area contributed by atoms with Crippen LogP contribution in [0.15, 0.2) is 16.5 Å². The second-order valence-electron chi connectivity index (χ2n) is 2.33. The maximum absolute atomic E-state index is 9.04. The monoisotopic (exact) mass is 140 g/mol. The van der Waals surface area contributed by atoms with Gasteiger partial charge in [0.25, 0.3) is 0 Å². The van der Waals surface area contributed by atoms with E-state index in [1.807, 2.05) is 19.1 Å². The molecule has 1 aromatic heterocycles. The van der Waals surface area contributed by atoms with Crippen molar-refractivity contribution >= 4 is 0 Å². The van der Waals surface area contributed by atoms with Gasteiger partial charge in [0.2, 0.25) is 0 Å². The number of aryl methyl sites for hydroxylation is 1. The van der Waals surface area contributed by atoms with Gasteiger partial charge in [-0.05, 0) is 19.1 Å². The van der Waals surface area contributed by atoms with Crippen LogP contribution in [0.1, 0.15) is 31.5 Å². The van der Waals surface area contributed by atoms with Crippen LogP contribution in [0, 0.1) is 0 Å². The van der Waals surface area contributed by atoms with E-state index >= 15 is 0 Å². The van der Waals surface area contributed by atoms with Crippen molar-refractivity contribution in [2.24, 2.45) is 0 Å². The molecule has 2 nitrogen and oxygen atoms in total. The minimum absolute atomic E-state index is 0.486. The smallest absolute Gasteiger partial charge is 0.132 e. The van der Waals surface area contributed by atoms with Gasteiger partial charge in [-0.25, -0.2) is 0 Å². The van der Waals surface area contributed by atoms with Crippen molar-refractivity contribution in [3.05, 3.63) is 23.7 Å². The summed E-state index contributed by atoms with van der Waals surface area (Å²) in [5, 5.41) is 9.04. The number of hydrogen-bond acceptors (Lipinski definition) is 2. The van der Waals surface area contributed by atoms with Crippen LogP contribution >= 0.6 is 0 Å². The molecule has 1 rings (SSSR count). The Labute approximate surface area is 60.5 Å². The van der Waals surface area contributed by atoms with Crippen LogP contribution < -0.4 is 0 Å². The quantitative estimate of drug-likeness (QED) is 0.680. The Morgan fingerprint density at radius 2 is 2.30 bits per heavy atom. The predicted octanol–water partition coefficient (Wildman–Crippen LogP) is 1.90. The predicted molar refractivity (Wildman–Crippen MR) is 38.7 cm³/mol. The van der Waals surface area contributed by atoms with Gasteiger partial charge in [0.15, 0.2) is 0 Å². The lowest BCUT2D eigenvalue weighted by Gasteiger charge is -1.96. The first kappa shape index (κ1) is 7.35. The SMILES string of the molecule is CCc1ccc(C(C)O)o1. The van der Waals surface area contributed by atoms with Gasteiger partial charge in [0, 0.05) is 6.42 Å². The average molecular weight is 140 g/mol. The zero-order chi connectivity index (χ0) is 7.56. The second-order valence-corrected chi connectivity index (χ2v) is 2.33.